The van der Waals surface area contributed by atoms with E-state index in [1.807, 2.05) is 12.1 Å². The molecule has 188 valence electrons. The van der Waals surface area contributed by atoms with Crippen molar-refractivity contribution < 1.29 is 9.53 Å². The molecular formula is C26H29BrN6O2S. The van der Waals surface area contributed by atoms with Gasteiger partial charge in [-0.15, -0.1) is 0 Å². The highest BCUT2D eigenvalue weighted by molar-refractivity contribution is 9.10. The van der Waals surface area contributed by atoms with Gasteiger partial charge in [0.15, 0.2) is 22.5 Å². The Morgan fingerprint density at radius 1 is 1.28 bits per heavy atom. The van der Waals surface area contributed by atoms with E-state index < -0.39 is 0 Å². The first kappa shape index (κ1) is 23.8. The summed E-state index contributed by atoms with van der Waals surface area (Å²) >= 11 is 5.15. The predicted molar refractivity (Wildman–Crippen MR) is 143 cm³/mol. The van der Waals surface area contributed by atoms with Crippen LogP contribution >= 0.6 is 27.7 Å². The van der Waals surface area contributed by atoms with Crippen molar-refractivity contribution in [2.75, 3.05) is 25.4 Å². The number of anilines is 1. The quantitative estimate of drug-likeness (QED) is 0.441. The topological polar surface area (TPSA) is 99.2 Å². The molecule has 0 aromatic heterocycles. The molecule has 1 saturated heterocycles. The van der Waals surface area contributed by atoms with Gasteiger partial charge in [0.25, 0.3) is 0 Å². The van der Waals surface area contributed by atoms with Crippen LogP contribution in [0.2, 0.25) is 0 Å². The van der Waals surface area contributed by atoms with Crippen LogP contribution in [0.25, 0.3) is 17.6 Å². The van der Waals surface area contributed by atoms with E-state index in [1.165, 1.54) is 11.8 Å². The predicted octanol–water partition coefficient (Wildman–Crippen LogP) is 5.11. The molecule has 4 aliphatic heterocycles. The molecule has 2 fully saturated rings. The number of benzene rings is 1. The summed E-state index contributed by atoms with van der Waals surface area (Å²) in [7, 11) is 0. The van der Waals surface area contributed by atoms with Crippen LogP contribution in [0, 0.1) is 11.3 Å². The third kappa shape index (κ3) is 4.61. The number of aromatic nitrogens is 4. The summed E-state index contributed by atoms with van der Waals surface area (Å²) in [6.07, 6.45) is 11.0. The Kier molecular flexibility index (Phi) is 6.19. The fourth-order valence-corrected chi connectivity index (χ4v) is 6.34. The number of imidazole rings is 1. The maximum Gasteiger partial charge on any atom is 0.228 e. The number of nitrogens with two attached hydrogens (primary N) is 1. The van der Waals surface area contributed by atoms with Crippen LogP contribution in [0.1, 0.15) is 44.6 Å². The lowest BCUT2D eigenvalue weighted by Gasteiger charge is -2.34. The van der Waals surface area contributed by atoms with Crippen LogP contribution in [-0.2, 0) is 11.3 Å². The average molecular weight is 570 g/mol. The van der Waals surface area contributed by atoms with Gasteiger partial charge >= 0.3 is 0 Å². The highest BCUT2D eigenvalue weighted by Gasteiger charge is 2.47. The monoisotopic (exact) mass is 568 g/mol. The minimum atomic E-state index is -0.0741. The summed E-state index contributed by atoms with van der Waals surface area (Å²) in [6, 6.07) is 4.07. The Bertz CT molecular complexity index is 1310. The van der Waals surface area contributed by atoms with Crippen molar-refractivity contribution in [3.8, 4) is 17.3 Å². The zero-order chi connectivity index (χ0) is 24.9. The summed E-state index contributed by atoms with van der Waals surface area (Å²) in [5.74, 6) is 2.95. The van der Waals surface area contributed by atoms with Gasteiger partial charge in [-0.1, -0.05) is 13.0 Å². The van der Waals surface area contributed by atoms with E-state index in [0.29, 0.717) is 35.1 Å². The summed E-state index contributed by atoms with van der Waals surface area (Å²) in [5.41, 5.74) is 7.77. The lowest BCUT2D eigenvalue weighted by Crippen LogP contribution is -2.42. The van der Waals surface area contributed by atoms with Crippen LogP contribution in [0.15, 0.2) is 39.1 Å². The number of ether oxygens (including phenoxy) is 1. The molecule has 1 saturated carbocycles. The van der Waals surface area contributed by atoms with Crippen LogP contribution in [-0.4, -0.2) is 50.0 Å². The van der Waals surface area contributed by atoms with Gasteiger partial charge in [-0.05, 0) is 83.9 Å². The van der Waals surface area contributed by atoms with E-state index in [-0.39, 0.29) is 5.41 Å². The van der Waals surface area contributed by atoms with Gasteiger partial charge < -0.3 is 19.9 Å². The second-order valence-electron chi connectivity index (χ2n) is 10.2. The summed E-state index contributed by atoms with van der Waals surface area (Å²) in [4.78, 5) is 29.6. The van der Waals surface area contributed by atoms with Crippen molar-refractivity contribution in [1.29, 1.82) is 0 Å². The lowest BCUT2D eigenvalue weighted by molar-refractivity contribution is -0.137. The van der Waals surface area contributed by atoms with Crippen molar-refractivity contribution >= 4 is 45.5 Å². The van der Waals surface area contributed by atoms with E-state index in [4.69, 9.17) is 20.4 Å². The third-order valence-electron chi connectivity index (χ3n) is 7.57. The number of rotatable bonds is 6. The molecular weight excluding hydrogens is 540 g/mol. The minimum Gasteiger partial charge on any atom is -0.489 e. The zero-order valence-electron chi connectivity index (χ0n) is 20.2. The molecule has 1 aliphatic carbocycles. The van der Waals surface area contributed by atoms with E-state index in [0.717, 1.165) is 78.2 Å². The molecule has 0 unspecified atom stereocenters. The number of carbonyl (C=O) groups excluding carboxylic acids is 1. The van der Waals surface area contributed by atoms with Crippen molar-refractivity contribution in [3.05, 3.63) is 34.6 Å². The number of aryl methyl sites for hydroxylation is 1. The number of hydrogen-bond donors (Lipinski definition) is 1. The molecule has 1 aromatic carbocycles. The first-order chi connectivity index (χ1) is 17.4. The summed E-state index contributed by atoms with van der Waals surface area (Å²) < 4.78 is 8.70. The standard InChI is InChI=1S/C26H29BrN6O2S/c1-26(7-8-26)24(34)32-9-4-16(5-10-32)6-11-33-15-29-22(28)21-23(33)31-25(30-21)36-20-13-17-3-2-12-35-19(17)14-18(20)27/h2-3,13-16H,4-12,28H2,1H3. The van der Waals surface area contributed by atoms with E-state index in [1.54, 1.807) is 6.33 Å². The number of halogens is 1. The Hall–Kier alpha value is -2.59. The lowest BCUT2D eigenvalue weighted by atomic mass is 9.92. The number of carbonyl (C=O) groups is 1. The number of nitrogen functional groups attached to an aromatic ring is 1. The minimum absolute atomic E-state index is 0.0741. The van der Waals surface area contributed by atoms with Gasteiger partial charge in [-0.25, -0.2) is 15.0 Å². The Morgan fingerprint density at radius 3 is 2.86 bits per heavy atom. The molecule has 8 nitrogen and oxygen atoms in total. The highest BCUT2D eigenvalue weighted by Crippen LogP contribution is 2.47. The molecule has 2 N–H and O–H groups in total. The van der Waals surface area contributed by atoms with Gasteiger partial charge in [-0.3, -0.25) is 4.79 Å². The van der Waals surface area contributed by atoms with Crippen LogP contribution in [0.3, 0.4) is 0 Å². The molecule has 36 heavy (non-hydrogen) atoms. The molecule has 10 heteroatoms. The molecule has 0 atom stereocenters. The van der Waals surface area contributed by atoms with E-state index >= 15 is 0 Å². The van der Waals surface area contributed by atoms with Crippen LogP contribution in [0.4, 0.5) is 5.82 Å². The molecule has 0 bridgehead atoms. The number of amides is 1. The van der Waals surface area contributed by atoms with Crippen LogP contribution in [0.5, 0.6) is 5.75 Å². The molecule has 0 spiro atoms. The van der Waals surface area contributed by atoms with Gasteiger partial charge in [0.05, 0.1) is 6.33 Å². The average Bonchev–Trinajstić information content (AvgIpc) is 3.49. The fraction of sp³-hybridized carbons (Fsp3) is 0.462. The maximum absolute atomic E-state index is 12.6. The molecule has 4 heterocycles. The fourth-order valence-electron chi connectivity index (χ4n) is 4.97. The zero-order valence-corrected chi connectivity index (χ0v) is 22.6. The van der Waals surface area contributed by atoms with Crippen molar-refractivity contribution in [1.82, 2.24) is 24.4 Å². The maximum atomic E-state index is 12.6. The van der Waals surface area contributed by atoms with Gasteiger partial charge in [-0.2, -0.15) is 0 Å². The second kappa shape index (κ2) is 9.37. The Morgan fingerprint density at radius 2 is 2.08 bits per heavy atom. The van der Waals surface area contributed by atoms with Crippen molar-refractivity contribution in [2.24, 2.45) is 11.3 Å². The first-order valence-electron chi connectivity index (χ1n) is 12.5. The largest absolute Gasteiger partial charge is 0.489 e. The second-order valence-corrected chi connectivity index (χ2v) is 12.1. The number of nitrogens with zero attached hydrogens (tertiary/aromatic N) is 5. The molecule has 0 radical (unpaired) electrons. The Labute approximate surface area is 223 Å². The third-order valence-corrected chi connectivity index (χ3v) is 9.41. The highest BCUT2D eigenvalue weighted by atomic mass is 79.9. The van der Waals surface area contributed by atoms with Gasteiger partial charge in [0.1, 0.15) is 12.4 Å². The van der Waals surface area contributed by atoms with E-state index in [2.05, 4.69) is 49.4 Å². The number of hydrogen-bond acceptors (Lipinski definition) is 7. The van der Waals surface area contributed by atoms with Gasteiger partial charge in [0, 0.05) is 40.0 Å². The molecule has 5 aliphatic rings. The summed E-state index contributed by atoms with van der Waals surface area (Å²) in [6.45, 7) is 5.22. The summed E-state index contributed by atoms with van der Waals surface area (Å²) in [5, 5.41) is 0.639. The first-order valence-corrected chi connectivity index (χ1v) is 14.1. The van der Waals surface area contributed by atoms with Crippen molar-refractivity contribution in [3.63, 3.8) is 0 Å². The van der Waals surface area contributed by atoms with Gasteiger partial charge in [0.2, 0.25) is 5.91 Å². The number of piperidine rings is 1. The molecule has 6 rings (SSSR count). The molecule has 1 aromatic rings. The normalized spacial score (nSPS) is 18.8. The Balaban J connectivity index is 1.14. The van der Waals surface area contributed by atoms with Crippen molar-refractivity contribution in [2.45, 2.75) is 55.6 Å². The number of fused-ring (bicyclic) bond motifs is 2. The van der Waals surface area contributed by atoms with E-state index in [9.17, 15) is 4.79 Å². The smallest absolute Gasteiger partial charge is 0.228 e. The SMILES string of the molecule is CC1(C(=O)N2CCC(CCn3cnc(N)c4nc(Sc5cc6c(cc5Br)OCC=C6)nc3-4)CC2)CC1. The number of likely N-dealkylation sites (tertiary alicyclic amines) is 1. The molecule has 1 amide bonds. The van der Waals surface area contributed by atoms with Crippen LogP contribution < -0.4 is 10.5 Å².